The minimum Gasteiger partial charge on any atom is -0.422 e. The van der Waals surface area contributed by atoms with Gasteiger partial charge >= 0.3 is 6.01 Å². The molecule has 0 aromatic carbocycles. The van der Waals surface area contributed by atoms with Crippen LogP contribution in [0.3, 0.4) is 0 Å². The van der Waals surface area contributed by atoms with Crippen molar-refractivity contribution in [2.45, 2.75) is 20.8 Å². The summed E-state index contributed by atoms with van der Waals surface area (Å²) in [4.78, 5) is 18.5. The Bertz CT molecular complexity index is 585. The van der Waals surface area contributed by atoms with E-state index in [0.717, 1.165) is 18.8 Å². The first kappa shape index (κ1) is 14.0. The van der Waals surface area contributed by atoms with Crippen LogP contribution in [-0.2, 0) is 0 Å². The van der Waals surface area contributed by atoms with Crippen molar-refractivity contribution in [3.8, 4) is 11.8 Å². The van der Waals surface area contributed by atoms with E-state index in [2.05, 4.69) is 19.9 Å². The van der Waals surface area contributed by atoms with E-state index in [1.165, 1.54) is 0 Å². The third-order valence-corrected chi connectivity index (χ3v) is 2.83. The van der Waals surface area contributed by atoms with Crippen molar-refractivity contribution in [2.75, 3.05) is 23.7 Å². The number of aryl methyl sites for hydroxylation is 1. The van der Waals surface area contributed by atoms with Gasteiger partial charge in [-0.2, -0.15) is 15.0 Å². The highest BCUT2D eigenvalue weighted by molar-refractivity contribution is 5.37. The van der Waals surface area contributed by atoms with Gasteiger partial charge < -0.3 is 15.4 Å². The van der Waals surface area contributed by atoms with E-state index in [1.54, 1.807) is 18.3 Å². The van der Waals surface area contributed by atoms with Gasteiger partial charge in [0.25, 0.3) is 0 Å². The number of ether oxygens (including phenoxy) is 1. The van der Waals surface area contributed by atoms with Gasteiger partial charge in [0.15, 0.2) is 5.75 Å². The van der Waals surface area contributed by atoms with Crippen LogP contribution in [0.5, 0.6) is 11.8 Å². The van der Waals surface area contributed by atoms with Crippen molar-refractivity contribution < 1.29 is 4.74 Å². The molecule has 0 fully saturated rings. The predicted octanol–water partition coefficient (Wildman–Crippen LogP) is 1.80. The second-order valence-corrected chi connectivity index (χ2v) is 4.14. The summed E-state index contributed by atoms with van der Waals surface area (Å²) >= 11 is 0. The van der Waals surface area contributed by atoms with E-state index in [1.807, 2.05) is 25.7 Å². The molecule has 20 heavy (non-hydrogen) atoms. The lowest BCUT2D eigenvalue weighted by Gasteiger charge is -2.18. The molecule has 0 saturated heterocycles. The highest BCUT2D eigenvalue weighted by Crippen LogP contribution is 2.22. The first-order valence-electron chi connectivity index (χ1n) is 6.50. The number of rotatable bonds is 5. The largest absolute Gasteiger partial charge is 0.422 e. The van der Waals surface area contributed by atoms with Crippen molar-refractivity contribution in [2.24, 2.45) is 0 Å². The summed E-state index contributed by atoms with van der Waals surface area (Å²) in [6, 6.07) is 3.77. The zero-order valence-corrected chi connectivity index (χ0v) is 11.9. The molecular formula is C13H18N6O. The summed E-state index contributed by atoms with van der Waals surface area (Å²) in [5.41, 5.74) is 6.47. The van der Waals surface area contributed by atoms with Crippen LogP contribution in [0.1, 0.15) is 19.5 Å². The molecule has 0 amide bonds. The van der Waals surface area contributed by atoms with Gasteiger partial charge in [0.05, 0.1) is 5.69 Å². The van der Waals surface area contributed by atoms with E-state index in [9.17, 15) is 0 Å². The average molecular weight is 274 g/mol. The third-order valence-electron chi connectivity index (χ3n) is 2.83. The van der Waals surface area contributed by atoms with Gasteiger partial charge in [-0.15, -0.1) is 0 Å². The lowest BCUT2D eigenvalue weighted by molar-refractivity contribution is 0.434. The standard InChI is InChI=1S/C13H18N6O/c1-4-19(5-2)12-16-11(14)17-13(18-12)20-10-7-6-8-15-9(10)3/h6-8H,4-5H2,1-3H3,(H2,14,16,17,18). The Hall–Kier alpha value is -2.44. The van der Waals surface area contributed by atoms with Crippen molar-refractivity contribution in [3.63, 3.8) is 0 Å². The molecule has 2 aromatic heterocycles. The molecule has 0 aliphatic rings. The quantitative estimate of drug-likeness (QED) is 0.888. The molecule has 0 bridgehead atoms. The number of nitrogens with zero attached hydrogens (tertiary/aromatic N) is 5. The minimum absolute atomic E-state index is 0.137. The molecular weight excluding hydrogens is 256 g/mol. The molecule has 0 spiro atoms. The Kier molecular flexibility index (Phi) is 4.29. The van der Waals surface area contributed by atoms with Gasteiger partial charge in [-0.05, 0) is 32.9 Å². The van der Waals surface area contributed by atoms with Crippen LogP contribution in [-0.4, -0.2) is 33.0 Å². The van der Waals surface area contributed by atoms with Gasteiger partial charge in [0.1, 0.15) is 0 Å². The highest BCUT2D eigenvalue weighted by atomic mass is 16.5. The molecule has 0 saturated carbocycles. The van der Waals surface area contributed by atoms with Crippen LogP contribution >= 0.6 is 0 Å². The van der Waals surface area contributed by atoms with Crippen LogP contribution in [0.2, 0.25) is 0 Å². The zero-order chi connectivity index (χ0) is 14.5. The van der Waals surface area contributed by atoms with Crippen LogP contribution in [0, 0.1) is 6.92 Å². The van der Waals surface area contributed by atoms with Gasteiger partial charge in [-0.25, -0.2) is 0 Å². The molecule has 2 N–H and O–H groups in total. The van der Waals surface area contributed by atoms with Crippen LogP contribution in [0.15, 0.2) is 18.3 Å². The fourth-order valence-electron chi connectivity index (χ4n) is 1.73. The maximum absolute atomic E-state index is 5.71. The Morgan fingerprint density at radius 1 is 1.20 bits per heavy atom. The van der Waals surface area contributed by atoms with Gasteiger partial charge in [0.2, 0.25) is 11.9 Å². The number of aromatic nitrogens is 4. The predicted molar refractivity (Wildman–Crippen MR) is 76.8 cm³/mol. The molecule has 2 rings (SSSR count). The lowest BCUT2D eigenvalue weighted by Crippen LogP contribution is -2.25. The SMILES string of the molecule is CCN(CC)c1nc(N)nc(Oc2cccnc2C)n1. The number of anilines is 2. The Morgan fingerprint density at radius 3 is 2.60 bits per heavy atom. The molecule has 106 valence electrons. The topological polar surface area (TPSA) is 90.1 Å². The zero-order valence-electron chi connectivity index (χ0n) is 11.9. The fraction of sp³-hybridized carbons (Fsp3) is 0.385. The third kappa shape index (κ3) is 3.11. The van der Waals surface area contributed by atoms with E-state index in [0.29, 0.717) is 11.7 Å². The van der Waals surface area contributed by atoms with Crippen LogP contribution < -0.4 is 15.4 Å². The molecule has 0 atom stereocenters. The first-order valence-corrected chi connectivity index (χ1v) is 6.50. The van der Waals surface area contributed by atoms with E-state index in [4.69, 9.17) is 10.5 Å². The molecule has 0 unspecified atom stereocenters. The highest BCUT2D eigenvalue weighted by Gasteiger charge is 2.12. The lowest BCUT2D eigenvalue weighted by atomic mass is 10.3. The fourth-order valence-corrected chi connectivity index (χ4v) is 1.73. The van der Waals surface area contributed by atoms with Crippen LogP contribution in [0.25, 0.3) is 0 Å². The molecule has 7 heteroatoms. The summed E-state index contributed by atoms with van der Waals surface area (Å²) in [6.07, 6.45) is 1.70. The summed E-state index contributed by atoms with van der Waals surface area (Å²) in [5.74, 6) is 1.25. The maximum Gasteiger partial charge on any atom is 0.328 e. The normalized spacial score (nSPS) is 10.3. The molecule has 7 nitrogen and oxygen atoms in total. The molecule has 2 aromatic rings. The Labute approximate surface area is 117 Å². The monoisotopic (exact) mass is 274 g/mol. The van der Waals surface area contributed by atoms with E-state index < -0.39 is 0 Å². The minimum atomic E-state index is 0.137. The number of nitrogen functional groups attached to an aromatic ring is 1. The Balaban J connectivity index is 2.31. The van der Waals surface area contributed by atoms with E-state index in [-0.39, 0.29) is 12.0 Å². The molecule has 2 heterocycles. The molecule has 0 aliphatic heterocycles. The maximum atomic E-state index is 5.71. The van der Waals surface area contributed by atoms with E-state index >= 15 is 0 Å². The average Bonchev–Trinajstić information content (AvgIpc) is 2.42. The van der Waals surface area contributed by atoms with Crippen LogP contribution in [0.4, 0.5) is 11.9 Å². The van der Waals surface area contributed by atoms with Crippen molar-refractivity contribution >= 4 is 11.9 Å². The second kappa shape index (κ2) is 6.14. The van der Waals surface area contributed by atoms with Gasteiger partial charge in [-0.1, -0.05) is 0 Å². The Morgan fingerprint density at radius 2 is 1.95 bits per heavy atom. The van der Waals surface area contributed by atoms with Crippen molar-refractivity contribution in [3.05, 3.63) is 24.0 Å². The van der Waals surface area contributed by atoms with Gasteiger partial charge in [-0.3, -0.25) is 4.98 Å². The summed E-state index contributed by atoms with van der Waals surface area (Å²) in [7, 11) is 0. The number of hydrogen-bond acceptors (Lipinski definition) is 7. The summed E-state index contributed by atoms with van der Waals surface area (Å²) in [6.45, 7) is 7.46. The number of nitrogens with two attached hydrogens (primary N) is 1. The second-order valence-electron chi connectivity index (χ2n) is 4.14. The molecule has 0 aliphatic carbocycles. The summed E-state index contributed by atoms with van der Waals surface area (Å²) in [5, 5.41) is 0. The van der Waals surface area contributed by atoms with Gasteiger partial charge in [0, 0.05) is 19.3 Å². The number of pyridine rings is 1. The first-order chi connectivity index (χ1) is 9.63. The molecule has 0 radical (unpaired) electrons. The summed E-state index contributed by atoms with van der Waals surface area (Å²) < 4.78 is 5.64. The van der Waals surface area contributed by atoms with Crippen molar-refractivity contribution in [1.29, 1.82) is 0 Å². The number of hydrogen-bond donors (Lipinski definition) is 1. The smallest absolute Gasteiger partial charge is 0.328 e. The van der Waals surface area contributed by atoms with Crippen molar-refractivity contribution in [1.82, 2.24) is 19.9 Å².